The van der Waals surface area contributed by atoms with Crippen molar-refractivity contribution in [3.8, 4) is 23.0 Å². The van der Waals surface area contributed by atoms with E-state index in [-0.39, 0.29) is 73.8 Å². The Labute approximate surface area is 408 Å². The molecule has 2 saturated heterocycles. The first-order valence-corrected chi connectivity index (χ1v) is 23.2. The molecule has 2 aliphatic rings. The molecule has 3 N–H and O–H groups in total. The standard InChI is InChI=1S/C27H42N2O8.C22H34N2O6.ClH/c1-18(2)29(25(32)19-9-12-22(35-7)23(15-19)36-14-8-13-34-6)21-11-10-20(16-24(30)31)28(17-21)26(33)37-27(3,4)5;1-15(2)24(18-8-7-17(23-14-18)13-21(25)26)22(27)16-6-9-19(29-4)20(12-16)30-11-5-10-28-3;/h9,12,15,18,20-21H,8,10-11,13-14,16-17H2,1-7H3,(H,30,31);6,9,12,15,17-18,23H,5,7-8,10-11,13-14H2,1-4H3,(H,25,26);1H/t20-,21+;17-,18+;/m00./s1. The lowest BCUT2D eigenvalue weighted by Crippen LogP contribution is -2.57. The molecule has 18 nitrogen and oxygen atoms in total. The summed E-state index contributed by atoms with van der Waals surface area (Å²) in [5.41, 5.74) is 0.250. The maximum absolute atomic E-state index is 13.8. The minimum absolute atomic E-state index is 0. The lowest BCUT2D eigenvalue weighted by Gasteiger charge is -2.45. The second-order valence-corrected chi connectivity index (χ2v) is 18.3. The maximum Gasteiger partial charge on any atom is 0.410 e. The first kappa shape index (κ1) is 59.1. The van der Waals surface area contributed by atoms with Crippen molar-refractivity contribution < 1.29 is 67.3 Å². The van der Waals surface area contributed by atoms with Gasteiger partial charge in [-0.25, -0.2) is 4.79 Å². The van der Waals surface area contributed by atoms with Crippen molar-refractivity contribution in [2.75, 3.05) is 68.0 Å². The van der Waals surface area contributed by atoms with E-state index in [9.17, 15) is 29.1 Å². The van der Waals surface area contributed by atoms with E-state index in [1.807, 2.05) is 32.6 Å². The topological polar surface area (TPSA) is 212 Å². The van der Waals surface area contributed by atoms with E-state index in [0.29, 0.717) is 86.4 Å². The number of benzene rings is 2. The van der Waals surface area contributed by atoms with Gasteiger partial charge in [-0.2, -0.15) is 0 Å². The van der Waals surface area contributed by atoms with Crippen LogP contribution in [0, 0.1) is 0 Å². The van der Waals surface area contributed by atoms with Crippen LogP contribution < -0.4 is 24.3 Å². The number of rotatable bonds is 22. The Morgan fingerprint density at radius 1 is 0.676 bits per heavy atom. The van der Waals surface area contributed by atoms with Gasteiger partial charge in [0, 0.05) is 94.7 Å². The molecule has 19 heteroatoms. The number of ether oxygens (including phenoxy) is 7. The zero-order valence-corrected chi connectivity index (χ0v) is 42.7. The third kappa shape index (κ3) is 18.5. The highest BCUT2D eigenvalue weighted by Crippen LogP contribution is 2.33. The number of methoxy groups -OCH3 is 4. The van der Waals surface area contributed by atoms with Crippen molar-refractivity contribution in [2.45, 2.75) is 142 Å². The van der Waals surface area contributed by atoms with Crippen molar-refractivity contribution in [2.24, 2.45) is 0 Å². The Morgan fingerprint density at radius 2 is 1.15 bits per heavy atom. The van der Waals surface area contributed by atoms with Gasteiger partial charge >= 0.3 is 18.0 Å². The molecule has 0 saturated carbocycles. The number of halogens is 1. The summed E-state index contributed by atoms with van der Waals surface area (Å²) in [7, 11) is 6.38. The van der Waals surface area contributed by atoms with Gasteiger partial charge in [-0.3, -0.25) is 19.2 Å². The molecule has 68 heavy (non-hydrogen) atoms. The molecule has 2 aliphatic heterocycles. The second kappa shape index (κ2) is 29.1. The van der Waals surface area contributed by atoms with Crippen LogP contribution in [0.4, 0.5) is 4.79 Å². The highest BCUT2D eigenvalue weighted by molar-refractivity contribution is 5.96. The summed E-state index contributed by atoms with van der Waals surface area (Å²) in [5, 5.41) is 21.7. The fourth-order valence-corrected chi connectivity index (χ4v) is 8.27. The Morgan fingerprint density at radius 3 is 1.54 bits per heavy atom. The molecule has 2 aromatic rings. The number of nitrogens with one attached hydrogen (secondary N) is 1. The monoisotopic (exact) mass is 981 g/mol. The molecule has 2 aromatic carbocycles. The number of carboxylic acids is 2. The number of nitrogens with zero attached hydrogens (tertiary/aromatic N) is 3. The van der Waals surface area contributed by atoms with Gasteiger partial charge in [-0.1, -0.05) is 0 Å². The van der Waals surface area contributed by atoms with Crippen LogP contribution >= 0.6 is 12.4 Å². The van der Waals surface area contributed by atoms with Gasteiger partial charge < -0.3 is 63.4 Å². The van der Waals surface area contributed by atoms with Gasteiger partial charge in [0.05, 0.1) is 46.3 Å². The number of amides is 3. The number of carbonyl (C=O) groups is 5. The van der Waals surface area contributed by atoms with Crippen LogP contribution in [0.25, 0.3) is 0 Å². The first-order chi connectivity index (χ1) is 31.7. The number of hydrogen-bond acceptors (Lipinski definition) is 13. The molecule has 4 atom stereocenters. The van der Waals surface area contributed by atoms with Crippen LogP contribution in [0.5, 0.6) is 23.0 Å². The Balaban J connectivity index is 0.000000470. The molecule has 0 spiro atoms. The SMILES string of the molecule is COCCCOc1cc(C(=O)N(C(C)C)[C@@H]2CC[C@@H](CC(=O)O)N(C(=O)OC(C)(C)C)C2)ccc1OC.COCCCOc1cc(C(=O)N(C(C)C)[C@@H]2CC[C@@H](CC(=O)O)NC2)ccc1OC.Cl. The Kier molecular flexibility index (Phi) is 25.3. The molecule has 0 unspecified atom stereocenters. The van der Waals surface area contributed by atoms with Crippen LogP contribution in [0.15, 0.2) is 36.4 Å². The van der Waals surface area contributed by atoms with Crippen molar-refractivity contribution in [1.29, 1.82) is 0 Å². The summed E-state index contributed by atoms with van der Waals surface area (Å²) in [6.07, 6.45) is 3.29. The van der Waals surface area contributed by atoms with E-state index in [1.54, 1.807) is 90.5 Å². The molecular formula is C49H77ClN4O14. The van der Waals surface area contributed by atoms with Crippen LogP contribution in [0.1, 0.15) is 121 Å². The van der Waals surface area contributed by atoms with Crippen molar-refractivity contribution in [3.05, 3.63) is 47.5 Å². The van der Waals surface area contributed by atoms with Gasteiger partial charge in [0.1, 0.15) is 5.60 Å². The molecule has 2 heterocycles. The third-order valence-electron chi connectivity index (χ3n) is 11.3. The van der Waals surface area contributed by atoms with E-state index in [1.165, 1.54) is 4.90 Å². The zero-order valence-electron chi connectivity index (χ0n) is 41.9. The van der Waals surface area contributed by atoms with Gasteiger partial charge in [-0.05, 0) is 111 Å². The minimum atomic E-state index is -0.981. The first-order valence-electron chi connectivity index (χ1n) is 23.2. The van der Waals surface area contributed by atoms with Crippen LogP contribution in [0.2, 0.25) is 0 Å². The second-order valence-electron chi connectivity index (χ2n) is 18.3. The quantitative estimate of drug-likeness (QED) is 0.0998. The number of carboxylic acid groups (broad SMARTS) is 2. The van der Waals surface area contributed by atoms with E-state index >= 15 is 0 Å². The molecule has 0 radical (unpaired) electrons. The summed E-state index contributed by atoms with van der Waals surface area (Å²) < 4.78 is 38.1. The average molecular weight is 982 g/mol. The van der Waals surface area contributed by atoms with Crippen LogP contribution in [-0.2, 0) is 23.8 Å². The average Bonchev–Trinajstić information content (AvgIpc) is 3.26. The van der Waals surface area contributed by atoms with E-state index in [0.717, 1.165) is 19.3 Å². The highest BCUT2D eigenvalue weighted by Gasteiger charge is 2.40. The molecule has 3 amide bonds. The van der Waals surface area contributed by atoms with E-state index < -0.39 is 29.7 Å². The predicted octanol–water partition coefficient (Wildman–Crippen LogP) is 7.18. The van der Waals surface area contributed by atoms with Gasteiger partial charge in [0.2, 0.25) is 0 Å². The lowest BCUT2D eigenvalue weighted by molar-refractivity contribution is -0.139. The predicted molar refractivity (Wildman–Crippen MR) is 259 cm³/mol. The number of aliphatic carboxylic acids is 2. The summed E-state index contributed by atoms with van der Waals surface area (Å²) in [6.45, 7) is 15.9. The fourth-order valence-electron chi connectivity index (χ4n) is 8.27. The minimum Gasteiger partial charge on any atom is -0.493 e. The number of likely N-dealkylation sites (tertiary alicyclic amines) is 1. The molecular weight excluding hydrogens is 904 g/mol. The normalized spacial score (nSPS) is 18.0. The van der Waals surface area contributed by atoms with Crippen LogP contribution in [-0.4, -0.2) is 165 Å². The van der Waals surface area contributed by atoms with Gasteiger partial charge in [-0.15, -0.1) is 12.4 Å². The molecule has 4 rings (SSSR count). The lowest BCUT2D eigenvalue weighted by atomic mass is 9.94. The largest absolute Gasteiger partial charge is 0.493 e. The molecule has 0 bridgehead atoms. The fraction of sp³-hybridized carbons (Fsp3) is 0.653. The summed E-state index contributed by atoms with van der Waals surface area (Å²) >= 11 is 0. The smallest absolute Gasteiger partial charge is 0.410 e. The van der Waals surface area contributed by atoms with Crippen molar-refractivity contribution in [3.63, 3.8) is 0 Å². The van der Waals surface area contributed by atoms with Crippen LogP contribution in [0.3, 0.4) is 0 Å². The van der Waals surface area contributed by atoms with E-state index in [2.05, 4.69) is 5.32 Å². The Hall–Kier alpha value is -5.04. The van der Waals surface area contributed by atoms with Gasteiger partial charge in [0.25, 0.3) is 11.8 Å². The Bertz CT molecular complexity index is 1900. The van der Waals surface area contributed by atoms with Crippen molar-refractivity contribution >= 4 is 42.3 Å². The highest BCUT2D eigenvalue weighted by atomic mass is 35.5. The number of hydrogen-bond donors (Lipinski definition) is 3. The maximum atomic E-state index is 13.8. The van der Waals surface area contributed by atoms with Gasteiger partial charge in [0.15, 0.2) is 23.0 Å². The molecule has 0 aromatic heterocycles. The number of carbonyl (C=O) groups excluding carboxylic acids is 3. The summed E-state index contributed by atoms with van der Waals surface area (Å²) in [4.78, 5) is 67.6. The summed E-state index contributed by atoms with van der Waals surface area (Å²) in [5.74, 6) is 0.0403. The van der Waals surface area contributed by atoms with E-state index in [4.69, 9.17) is 38.3 Å². The molecule has 2 fully saturated rings. The zero-order chi connectivity index (χ0) is 49.8. The molecule has 384 valence electrons. The number of piperidine rings is 2. The molecule has 0 aliphatic carbocycles. The summed E-state index contributed by atoms with van der Waals surface area (Å²) in [6, 6.07) is 9.30. The third-order valence-corrected chi connectivity index (χ3v) is 11.3. The van der Waals surface area contributed by atoms with Crippen molar-refractivity contribution in [1.82, 2.24) is 20.0 Å².